The number of aromatic nitrogens is 2. The topological polar surface area (TPSA) is 104 Å². The summed E-state index contributed by atoms with van der Waals surface area (Å²) in [6, 6.07) is 7.29. The highest BCUT2D eigenvalue weighted by Gasteiger charge is 2.31. The second-order valence-corrected chi connectivity index (χ2v) is 7.78. The number of nitrogens with one attached hydrogen (secondary N) is 3. The van der Waals surface area contributed by atoms with Gasteiger partial charge in [0.25, 0.3) is 11.5 Å². The van der Waals surface area contributed by atoms with Crippen molar-refractivity contribution in [3.05, 3.63) is 78.5 Å². The van der Waals surface area contributed by atoms with E-state index in [1.165, 1.54) is 24.3 Å². The number of aromatic amines is 1. The Bertz CT molecular complexity index is 1260. The number of amides is 3. The molecule has 13 heteroatoms. The number of alkyl halides is 3. The van der Waals surface area contributed by atoms with Crippen LogP contribution in [-0.4, -0.2) is 22.1 Å². The molecule has 3 aromatic rings. The van der Waals surface area contributed by atoms with E-state index in [2.05, 4.69) is 31.4 Å². The number of hydrogen-bond donors (Lipinski definition) is 3. The van der Waals surface area contributed by atoms with Gasteiger partial charge in [0.2, 0.25) is 0 Å². The van der Waals surface area contributed by atoms with Crippen molar-refractivity contribution in [2.24, 2.45) is 0 Å². The van der Waals surface area contributed by atoms with Crippen molar-refractivity contribution in [1.82, 2.24) is 15.5 Å². The molecule has 7 nitrogen and oxygen atoms in total. The summed E-state index contributed by atoms with van der Waals surface area (Å²) in [5.74, 6) is -0.937. The van der Waals surface area contributed by atoms with Crippen LogP contribution in [0.25, 0.3) is 11.3 Å². The van der Waals surface area contributed by atoms with Gasteiger partial charge in [-0.3, -0.25) is 14.9 Å². The number of anilines is 1. The Morgan fingerprint density at radius 3 is 2.31 bits per heavy atom. The molecule has 0 aliphatic carbocycles. The summed E-state index contributed by atoms with van der Waals surface area (Å²) in [4.78, 5) is 36.8. The Morgan fingerprint density at radius 1 is 1.06 bits per heavy atom. The molecular formula is C19H10BrCl2F3N4O3. The van der Waals surface area contributed by atoms with Crippen molar-refractivity contribution in [2.75, 3.05) is 5.32 Å². The van der Waals surface area contributed by atoms with Crippen LogP contribution in [0.2, 0.25) is 10.0 Å². The normalized spacial score (nSPS) is 11.2. The van der Waals surface area contributed by atoms with E-state index in [9.17, 15) is 27.6 Å². The fourth-order valence-corrected chi connectivity index (χ4v) is 3.56. The summed E-state index contributed by atoms with van der Waals surface area (Å²) in [6.45, 7) is 0. The van der Waals surface area contributed by atoms with Gasteiger partial charge in [0.05, 0.1) is 26.9 Å². The third-order valence-electron chi connectivity index (χ3n) is 4.04. The standard InChI is InChI=1S/C19H10BrCl2F3N4O3/c20-13-15(26-18(32)27-16(30)12-10(21)5-2-6-11(12)22)14(28-29-17(13)31)8-3-1-4-9(7-8)19(23,24)25/h1-7H,(H3,26,27,29,30,31,32). The van der Waals surface area contributed by atoms with Crippen LogP contribution in [0.5, 0.6) is 0 Å². The van der Waals surface area contributed by atoms with Gasteiger partial charge < -0.3 is 5.32 Å². The van der Waals surface area contributed by atoms with Crippen molar-refractivity contribution in [2.45, 2.75) is 6.18 Å². The maximum absolute atomic E-state index is 13.1. The minimum absolute atomic E-state index is 0.00791. The number of carbonyl (C=O) groups excluding carboxylic acids is 2. The third kappa shape index (κ3) is 5.12. The largest absolute Gasteiger partial charge is 0.416 e. The molecule has 0 unspecified atom stereocenters. The van der Waals surface area contributed by atoms with Crippen LogP contribution >= 0.6 is 39.1 Å². The lowest BCUT2D eigenvalue weighted by Gasteiger charge is -2.14. The molecule has 2 aromatic carbocycles. The molecule has 3 rings (SSSR count). The molecule has 0 atom stereocenters. The molecule has 0 spiro atoms. The summed E-state index contributed by atoms with van der Waals surface area (Å²) < 4.78 is 39.0. The Labute approximate surface area is 196 Å². The zero-order valence-corrected chi connectivity index (χ0v) is 18.6. The molecule has 0 aliphatic heterocycles. The summed E-state index contributed by atoms with van der Waals surface area (Å²) in [6.07, 6.45) is -4.62. The van der Waals surface area contributed by atoms with Gasteiger partial charge in [0, 0.05) is 5.56 Å². The van der Waals surface area contributed by atoms with Crippen molar-refractivity contribution in [1.29, 1.82) is 0 Å². The van der Waals surface area contributed by atoms with Gasteiger partial charge in [0.1, 0.15) is 10.2 Å². The highest BCUT2D eigenvalue weighted by Crippen LogP contribution is 2.35. The molecule has 3 amide bonds. The van der Waals surface area contributed by atoms with E-state index in [1.54, 1.807) is 0 Å². The summed E-state index contributed by atoms with van der Waals surface area (Å²) in [5.41, 5.74) is -2.38. The Balaban J connectivity index is 1.95. The van der Waals surface area contributed by atoms with Crippen molar-refractivity contribution in [3.63, 3.8) is 0 Å². The Morgan fingerprint density at radius 2 is 1.69 bits per heavy atom. The zero-order chi connectivity index (χ0) is 23.6. The molecule has 0 aliphatic rings. The van der Waals surface area contributed by atoms with E-state index in [1.807, 2.05) is 5.32 Å². The molecule has 32 heavy (non-hydrogen) atoms. The molecule has 0 radical (unpaired) electrons. The first-order valence-electron chi connectivity index (χ1n) is 8.51. The van der Waals surface area contributed by atoms with Crippen molar-refractivity contribution < 1.29 is 22.8 Å². The van der Waals surface area contributed by atoms with E-state index in [0.717, 1.165) is 18.2 Å². The lowest BCUT2D eigenvalue weighted by atomic mass is 10.1. The van der Waals surface area contributed by atoms with Crippen LogP contribution in [-0.2, 0) is 6.18 Å². The molecule has 3 N–H and O–H groups in total. The number of imide groups is 1. The average Bonchev–Trinajstić information content (AvgIpc) is 2.71. The van der Waals surface area contributed by atoms with Crippen LogP contribution in [0.4, 0.5) is 23.7 Å². The van der Waals surface area contributed by atoms with Crippen LogP contribution in [0, 0.1) is 0 Å². The molecule has 1 aromatic heterocycles. The first-order chi connectivity index (χ1) is 15.0. The van der Waals surface area contributed by atoms with Gasteiger partial charge >= 0.3 is 12.2 Å². The summed E-state index contributed by atoms with van der Waals surface area (Å²) in [7, 11) is 0. The maximum Gasteiger partial charge on any atom is 0.416 e. The highest BCUT2D eigenvalue weighted by atomic mass is 79.9. The van der Waals surface area contributed by atoms with Crippen molar-refractivity contribution >= 4 is 56.8 Å². The van der Waals surface area contributed by atoms with E-state index in [4.69, 9.17) is 23.2 Å². The number of halogens is 6. The number of carbonyl (C=O) groups is 2. The second-order valence-electron chi connectivity index (χ2n) is 6.17. The minimum atomic E-state index is -4.62. The molecule has 166 valence electrons. The van der Waals surface area contributed by atoms with Crippen LogP contribution in [0.3, 0.4) is 0 Å². The number of hydrogen-bond acceptors (Lipinski definition) is 4. The molecular weight excluding hydrogens is 540 g/mol. The Hall–Kier alpha value is -2.89. The molecule has 0 saturated heterocycles. The third-order valence-corrected chi connectivity index (χ3v) is 5.43. The first kappa shape index (κ1) is 23.8. The second kappa shape index (κ2) is 9.31. The van der Waals surface area contributed by atoms with E-state index in [-0.39, 0.29) is 37.0 Å². The van der Waals surface area contributed by atoms with E-state index < -0.39 is 29.2 Å². The van der Waals surface area contributed by atoms with Gasteiger partial charge in [-0.25, -0.2) is 9.89 Å². The fraction of sp³-hybridized carbons (Fsp3) is 0.0526. The predicted octanol–water partition coefficient (Wildman–Crippen LogP) is 5.49. The first-order valence-corrected chi connectivity index (χ1v) is 10.1. The van der Waals surface area contributed by atoms with Gasteiger partial charge in [-0.2, -0.15) is 18.3 Å². The zero-order valence-electron chi connectivity index (χ0n) is 15.5. The lowest BCUT2D eigenvalue weighted by Crippen LogP contribution is -2.35. The summed E-state index contributed by atoms with van der Waals surface area (Å²) >= 11 is 14.9. The molecule has 1 heterocycles. The van der Waals surface area contributed by atoms with Crippen LogP contribution in [0.1, 0.15) is 15.9 Å². The molecule has 0 fully saturated rings. The fourth-order valence-electron chi connectivity index (χ4n) is 2.62. The van der Waals surface area contributed by atoms with E-state index >= 15 is 0 Å². The number of urea groups is 1. The van der Waals surface area contributed by atoms with Crippen molar-refractivity contribution in [3.8, 4) is 11.3 Å². The lowest BCUT2D eigenvalue weighted by molar-refractivity contribution is -0.137. The number of H-pyrrole nitrogens is 1. The van der Waals surface area contributed by atoms with Gasteiger partial charge in [-0.15, -0.1) is 0 Å². The van der Waals surface area contributed by atoms with E-state index in [0.29, 0.717) is 0 Å². The van der Waals surface area contributed by atoms with Crippen LogP contribution < -0.4 is 16.2 Å². The average molecular weight is 550 g/mol. The maximum atomic E-state index is 13.1. The number of rotatable bonds is 3. The summed E-state index contributed by atoms with van der Waals surface area (Å²) in [5, 5.41) is 10.1. The number of benzene rings is 2. The predicted molar refractivity (Wildman–Crippen MR) is 116 cm³/mol. The van der Waals surface area contributed by atoms with Gasteiger partial charge in [-0.05, 0) is 40.2 Å². The SMILES string of the molecule is O=C(NC(=O)c1c(Cl)cccc1Cl)Nc1c(-c2cccc(C(F)(F)F)c2)n[nH]c(=O)c1Br. The minimum Gasteiger partial charge on any atom is -0.304 e. The smallest absolute Gasteiger partial charge is 0.304 e. The van der Waals surface area contributed by atoms with Gasteiger partial charge in [-0.1, -0.05) is 41.4 Å². The Kier molecular flexibility index (Phi) is 6.91. The molecule has 0 saturated carbocycles. The monoisotopic (exact) mass is 548 g/mol. The molecule has 0 bridgehead atoms. The van der Waals surface area contributed by atoms with Gasteiger partial charge in [0.15, 0.2) is 0 Å². The van der Waals surface area contributed by atoms with Crippen LogP contribution in [0.15, 0.2) is 51.7 Å². The number of nitrogens with zero attached hydrogens (tertiary/aromatic N) is 1. The highest BCUT2D eigenvalue weighted by molar-refractivity contribution is 9.10. The quantitative estimate of drug-likeness (QED) is 0.402.